The molecule has 2 heterocycles. The van der Waals surface area contributed by atoms with Crippen LogP contribution in [0.5, 0.6) is 0 Å². The Morgan fingerprint density at radius 2 is 2.25 bits per heavy atom. The molecule has 6 nitrogen and oxygen atoms in total. The largest absolute Gasteiger partial charge is 0.481 e. The van der Waals surface area contributed by atoms with E-state index in [9.17, 15) is 9.18 Å². The molecule has 2 aromatic rings. The number of carbonyl (C=O) groups is 1. The zero-order valence-electron chi connectivity index (χ0n) is 10.5. The van der Waals surface area contributed by atoms with E-state index in [-0.39, 0.29) is 11.8 Å². The van der Waals surface area contributed by atoms with Crippen molar-refractivity contribution in [3.63, 3.8) is 0 Å². The fourth-order valence-corrected chi connectivity index (χ4v) is 2.44. The first-order valence-corrected chi connectivity index (χ1v) is 6.32. The third-order valence-corrected chi connectivity index (χ3v) is 3.53. The van der Waals surface area contributed by atoms with Crippen molar-refractivity contribution in [2.45, 2.75) is 25.2 Å². The van der Waals surface area contributed by atoms with Crippen molar-refractivity contribution in [1.29, 1.82) is 0 Å². The van der Waals surface area contributed by atoms with Gasteiger partial charge in [0.05, 0.1) is 12.1 Å². The third kappa shape index (κ3) is 2.38. The quantitative estimate of drug-likeness (QED) is 0.925. The van der Waals surface area contributed by atoms with Gasteiger partial charge in [-0.2, -0.15) is 4.98 Å². The fourth-order valence-electron chi connectivity index (χ4n) is 2.44. The van der Waals surface area contributed by atoms with Gasteiger partial charge in [0.15, 0.2) is 0 Å². The average molecular weight is 277 g/mol. The monoisotopic (exact) mass is 277 g/mol. The Bertz CT molecular complexity index is 626. The minimum absolute atomic E-state index is 0.0298. The van der Waals surface area contributed by atoms with Crippen LogP contribution in [0.4, 0.5) is 4.39 Å². The predicted octanol–water partition coefficient (Wildman–Crippen LogP) is 2.24. The number of aliphatic carboxylic acids is 1. The average Bonchev–Trinajstić information content (AvgIpc) is 3.08. The molecule has 0 radical (unpaired) electrons. The fraction of sp³-hybridized carbons (Fsp3) is 0.385. The Kier molecular flexibility index (Phi) is 3.17. The first-order chi connectivity index (χ1) is 9.63. The van der Waals surface area contributed by atoms with Gasteiger partial charge in [0.1, 0.15) is 11.5 Å². The normalized spacial score (nSPS) is 22.1. The molecule has 104 valence electrons. The second-order valence-electron chi connectivity index (χ2n) is 4.86. The van der Waals surface area contributed by atoms with Crippen LogP contribution in [0.2, 0.25) is 0 Å². The molecule has 1 aliphatic rings. The van der Waals surface area contributed by atoms with Crippen molar-refractivity contribution in [2.24, 2.45) is 5.92 Å². The standard InChI is InChI=1S/C13H12FN3O3/c14-9-3-4-10(15-6-9)11-16-12(20-17-11)7-1-2-8(5-7)13(18)19/h3-4,6-8H,1-2,5H2,(H,18,19). The number of halogens is 1. The van der Waals surface area contributed by atoms with Gasteiger partial charge in [-0.25, -0.2) is 9.37 Å². The van der Waals surface area contributed by atoms with Gasteiger partial charge in [-0.3, -0.25) is 4.79 Å². The van der Waals surface area contributed by atoms with E-state index in [1.54, 1.807) is 0 Å². The molecule has 1 aliphatic carbocycles. The van der Waals surface area contributed by atoms with Crippen molar-refractivity contribution in [3.05, 3.63) is 30.0 Å². The molecule has 1 fully saturated rings. The molecule has 1 N–H and O–H groups in total. The molecule has 0 bridgehead atoms. The molecule has 0 amide bonds. The van der Waals surface area contributed by atoms with Crippen LogP contribution < -0.4 is 0 Å². The minimum Gasteiger partial charge on any atom is -0.481 e. The summed E-state index contributed by atoms with van der Waals surface area (Å²) in [6.45, 7) is 0. The highest BCUT2D eigenvalue weighted by atomic mass is 19.1. The number of nitrogens with zero attached hydrogens (tertiary/aromatic N) is 3. The summed E-state index contributed by atoms with van der Waals surface area (Å²) < 4.78 is 18.0. The second kappa shape index (κ2) is 4.99. The van der Waals surface area contributed by atoms with E-state index in [0.717, 1.165) is 12.6 Å². The third-order valence-electron chi connectivity index (χ3n) is 3.53. The summed E-state index contributed by atoms with van der Waals surface area (Å²) in [5.41, 5.74) is 0.425. The highest BCUT2D eigenvalue weighted by Gasteiger charge is 2.33. The van der Waals surface area contributed by atoms with Crippen LogP contribution in [-0.2, 0) is 4.79 Å². The summed E-state index contributed by atoms with van der Waals surface area (Å²) in [4.78, 5) is 19.0. The lowest BCUT2D eigenvalue weighted by Crippen LogP contribution is -2.09. The molecule has 20 heavy (non-hydrogen) atoms. The molecule has 2 unspecified atom stereocenters. The lowest BCUT2D eigenvalue weighted by molar-refractivity contribution is -0.141. The first kappa shape index (κ1) is 12.7. The van der Waals surface area contributed by atoms with E-state index in [0.29, 0.717) is 30.3 Å². The molecular formula is C13H12FN3O3. The maximum atomic E-state index is 12.8. The smallest absolute Gasteiger partial charge is 0.306 e. The van der Waals surface area contributed by atoms with Crippen molar-refractivity contribution < 1.29 is 18.8 Å². The summed E-state index contributed by atoms with van der Waals surface area (Å²) in [5, 5.41) is 12.8. The molecule has 0 aliphatic heterocycles. The molecule has 7 heteroatoms. The van der Waals surface area contributed by atoms with Crippen LogP contribution in [-0.4, -0.2) is 26.2 Å². The Morgan fingerprint density at radius 1 is 1.40 bits per heavy atom. The van der Waals surface area contributed by atoms with Crippen molar-refractivity contribution in [2.75, 3.05) is 0 Å². The number of carboxylic acids is 1. The second-order valence-corrected chi connectivity index (χ2v) is 4.86. The summed E-state index contributed by atoms with van der Waals surface area (Å²) in [6, 6.07) is 2.74. The van der Waals surface area contributed by atoms with Gasteiger partial charge in [0.25, 0.3) is 0 Å². The number of hydrogen-bond acceptors (Lipinski definition) is 5. The molecule has 3 rings (SSSR count). The summed E-state index contributed by atoms with van der Waals surface area (Å²) in [5.74, 6) is -0.879. The van der Waals surface area contributed by atoms with Crippen LogP contribution in [0.15, 0.2) is 22.9 Å². The highest BCUT2D eigenvalue weighted by Crippen LogP contribution is 2.38. The number of hydrogen-bond donors (Lipinski definition) is 1. The number of carboxylic acid groups (broad SMARTS) is 1. The Morgan fingerprint density at radius 3 is 2.90 bits per heavy atom. The zero-order chi connectivity index (χ0) is 14.1. The SMILES string of the molecule is O=C(O)C1CCC(c2nc(-c3ccc(F)cn3)no2)C1. The van der Waals surface area contributed by atoms with E-state index < -0.39 is 11.8 Å². The van der Waals surface area contributed by atoms with E-state index >= 15 is 0 Å². The number of pyridine rings is 1. The van der Waals surface area contributed by atoms with E-state index in [2.05, 4.69) is 15.1 Å². The summed E-state index contributed by atoms with van der Waals surface area (Å²) in [6.07, 6.45) is 2.93. The van der Waals surface area contributed by atoms with Crippen molar-refractivity contribution >= 4 is 5.97 Å². The highest BCUT2D eigenvalue weighted by molar-refractivity contribution is 5.70. The Balaban J connectivity index is 1.77. The van der Waals surface area contributed by atoms with Gasteiger partial charge >= 0.3 is 5.97 Å². The minimum atomic E-state index is -0.785. The maximum absolute atomic E-state index is 12.8. The van der Waals surface area contributed by atoms with Gasteiger partial charge in [-0.15, -0.1) is 0 Å². The number of rotatable bonds is 3. The van der Waals surface area contributed by atoms with Gasteiger partial charge in [0.2, 0.25) is 11.7 Å². The van der Waals surface area contributed by atoms with Crippen molar-refractivity contribution in [1.82, 2.24) is 15.1 Å². The van der Waals surface area contributed by atoms with Crippen LogP contribution in [0.25, 0.3) is 11.5 Å². The van der Waals surface area contributed by atoms with Crippen LogP contribution in [0.1, 0.15) is 31.1 Å². The van der Waals surface area contributed by atoms with E-state index in [1.807, 2.05) is 0 Å². The topological polar surface area (TPSA) is 89.1 Å². The van der Waals surface area contributed by atoms with Gasteiger partial charge < -0.3 is 9.63 Å². The number of aromatic nitrogens is 3. The molecule has 0 aromatic carbocycles. The van der Waals surface area contributed by atoms with Crippen LogP contribution >= 0.6 is 0 Å². The zero-order valence-corrected chi connectivity index (χ0v) is 10.5. The Hall–Kier alpha value is -2.31. The molecule has 2 aromatic heterocycles. The predicted molar refractivity (Wildman–Crippen MR) is 65.2 cm³/mol. The van der Waals surface area contributed by atoms with E-state index in [4.69, 9.17) is 9.63 Å². The summed E-state index contributed by atoms with van der Waals surface area (Å²) >= 11 is 0. The van der Waals surface area contributed by atoms with Crippen LogP contribution in [0, 0.1) is 11.7 Å². The van der Waals surface area contributed by atoms with Gasteiger partial charge in [-0.05, 0) is 31.4 Å². The molecule has 2 atom stereocenters. The van der Waals surface area contributed by atoms with Crippen molar-refractivity contribution in [3.8, 4) is 11.5 Å². The summed E-state index contributed by atoms with van der Waals surface area (Å²) in [7, 11) is 0. The van der Waals surface area contributed by atoms with E-state index in [1.165, 1.54) is 12.1 Å². The maximum Gasteiger partial charge on any atom is 0.306 e. The molecular weight excluding hydrogens is 265 g/mol. The van der Waals surface area contributed by atoms with Gasteiger partial charge in [-0.1, -0.05) is 5.16 Å². The molecule has 1 saturated carbocycles. The molecule has 0 spiro atoms. The molecule has 0 saturated heterocycles. The lowest BCUT2D eigenvalue weighted by Gasteiger charge is -2.02. The lowest BCUT2D eigenvalue weighted by atomic mass is 10.1. The van der Waals surface area contributed by atoms with Gasteiger partial charge in [0, 0.05) is 5.92 Å². The van der Waals surface area contributed by atoms with Crippen LogP contribution in [0.3, 0.4) is 0 Å². The Labute approximate surface area is 113 Å². The first-order valence-electron chi connectivity index (χ1n) is 6.32.